The minimum atomic E-state index is 0.0360. The van der Waals surface area contributed by atoms with Crippen LogP contribution in [0.2, 0.25) is 0 Å². The first kappa shape index (κ1) is 10.1. The molecule has 0 heterocycles. The highest BCUT2D eigenvalue weighted by Crippen LogP contribution is 2.25. The van der Waals surface area contributed by atoms with Crippen LogP contribution in [-0.2, 0) is 0 Å². The molecule has 0 aliphatic heterocycles. The van der Waals surface area contributed by atoms with E-state index < -0.39 is 0 Å². The number of hydrogen-bond acceptors (Lipinski definition) is 2. The second-order valence-electron chi connectivity index (χ2n) is 3.33. The molecule has 0 aromatic rings. The summed E-state index contributed by atoms with van der Waals surface area (Å²) in [4.78, 5) is 7.88. The van der Waals surface area contributed by atoms with E-state index >= 15 is 0 Å². The topological polar surface area (TPSA) is 24.7 Å². The maximum atomic E-state index is 3.99. The van der Waals surface area contributed by atoms with E-state index in [-0.39, 0.29) is 5.41 Å². The summed E-state index contributed by atoms with van der Waals surface area (Å²) in [5, 5.41) is 0. The molecule has 62 valence electrons. The molecule has 2 nitrogen and oxygen atoms in total. The molecule has 0 fully saturated rings. The molecule has 0 saturated heterocycles. The van der Waals surface area contributed by atoms with Crippen LogP contribution in [0.15, 0.2) is 21.9 Å². The van der Waals surface area contributed by atoms with Crippen molar-refractivity contribution in [3.63, 3.8) is 0 Å². The van der Waals surface area contributed by atoms with Crippen molar-refractivity contribution in [2.24, 2.45) is 15.4 Å². The second kappa shape index (κ2) is 4.06. The normalized spacial score (nSPS) is 14.0. The molecule has 0 aromatic carbocycles. The van der Waals surface area contributed by atoms with Gasteiger partial charge in [-0.3, -0.25) is 9.98 Å². The Kier molecular flexibility index (Phi) is 3.72. The largest absolute Gasteiger partial charge is 0.267 e. The Morgan fingerprint density at radius 3 is 2.18 bits per heavy atom. The van der Waals surface area contributed by atoms with Gasteiger partial charge in [0.15, 0.2) is 0 Å². The summed E-state index contributed by atoms with van der Waals surface area (Å²) in [6, 6.07) is 0. The molecule has 0 amide bonds. The van der Waals surface area contributed by atoms with Gasteiger partial charge in [-0.1, -0.05) is 20.8 Å². The van der Waals surface area contributed by atoms with Crippen LogP contribution in [0.5, 0.6) is 0 Å². The Labute approximate surface area is 68.8 Å². The fraction of sp³-hybridized carbons (Fsp3) is 0.556. The van der Waals surface area contributed by atoms with Crippen molar-refractivity contribution in [1.29, 1.82) is 0 Å². The molecule has 0 radical (unpaired) electrons. The van der Waals surface area contributed by atoms with E-state index in [1.807, 2.05) is 6.92 Å². The van der Waals surface area contributed by atoms with Crippen molar-refractivity contribution in [2.45, 2.75) is 27.7 Å². The predicted molar refractivity (Wildman–Crippen MR) is 51.3 cm³/mol. The SMILES string of the molecule is C=N/C(=C\N=C/C)C(C)(C)C. The third-order valence-electron chi connectivity index (χ3n) is 1.28. The van der Waals surface area contributed by atoms with Crippen molar-refractivity contribution >= 4 is 12.9 Å². The van der Waals surface area contributed by atoms with Crippen molar-refractivity contribution in [1.82, 2.24) is 0 Å². The minimum absolute atomic E-state index is 0.0360. The van der Waals surface area contributed by atoms with Crippen LogP contribution in [0.1, 0.15) is 27.7 Å². The minimum Gasteiger partial charge on any atom is -0.267 e. The smallest absolute Gasteiger partial charge is 0.0631 e. The molecule has 0 unspecified atom stereocenters. The van der Waals surface area contributed by atoms with E-state index in [0.29, 0.717) is 0 Å². The van der Waals surface area contributed by atoms with Gasteiger partial charge in [0.2, 0.25) is 0 Å². The molecule has 0 aliphatic carbocycles. The molecule has 0 aromatic heterocycles. The number of hydrogen-bond donors (Lipinski definition) is 0. The summed E-state index contributed by atoms with van der Waals surface area (Å²) in [5.74, 6) is 0. The lowest BCUT2D eigenvalue weighted by molar-refractivity contribution is 0.498. The fourth-order valence-electron chi connectivity index (χ4n) is 0.617. The Morgan fingerprint density at radius 2 is 1.91 bits per heavy atom. The van der Waals surface area contributed by atoms with Crippen molar-refractivity contribution < 1.29 is 0 Å². The van der Waals surface area contributed by atoms with Crippen LogP contribution < -0.4 is 0 Å². The highest BCUT2D eigenvalue weighted by Gasteiger charge is 2.14. The van der Waals surface area contributed by atoms with E-state index in [1.54, 1.807) is 12.4 Å². The monoisotopic (exact) mass is 152 g/mol. The summed E-state index contributed by atoms with van der Waals surface area (Å²) in [6.07, 6.45) is 3.48. The Morgan fingerprint density at radius 1 is 1.36 bits per heavy atom. The molecule has 2 heteroatoms. The number of nitrogens with zero attached hydrogens (tertiary/aromatic N) is 2. The van der Waals surface area contributed by atoms with E-state index in [4.69, 9.17) is 0 Å². The van der Waals surface area contributed by atoms with E-state index in [9.17, 15) is 0 Å². The average molecular weight is 152 g/mol. The van der Waals surface area contributed by atoms with Crippen molar-refractivity contribution in [2.75, 3.05) is 0 Å². The van der Waals surface area contributed by atoms with Crippen LogP contribution in [0.4, 0.5) is 0 Å². The Hall–Kier alpha value is -0.920. The van der Waals surface area contributed by atoms with Gasteiger partial charge in [-0.25, -0.2) is 0 Å². The van der Waals surface area contributed by atoms with Crippen LogP contribution in [0.25, 0.3) is 0 Å². The van der Waals surface area contributed by atoms with Gasteiger partial charge in [0.25, 0.3) is 0 Å². The van der Waals surface area contributed by atoms with Gasteiger partial charge in [-0.2, -0.15) is 0 Å². The third-order valence-corrected chi connectivity index (χ3v) is 1.28. The molecule has 0 rings (SSSR count). The van der Waals surface area contributed by atoms with Crippen molar-refractivity contribution in [3.8, 4) is 0 Å². The summed E-state index contributed by atoms with van der Waals surface area (Å²) in [6.45, 7) is 11.6. The summed E-state index contributed by atoms with van der Waals surface area (Å²) in [7, 11) is 0. The van der Waals surface area contributed by atoms with E-state index in [1.165, 1.54) is 0 Å². The number of rotatable bonds is 2. The lowest BCUT2D eigenvalue weighted by Gasteiger charge is -2.17. The number of aliphatic imine (C=N–C) groups is 2. The van der Waals surface area contributed by atoms with Crippen LogP contribution in [0.3, 0.4) is 0 Å². The molecule has 0 saturated carbocycles. The Balaban J connectivity index is 4.53. The highest BCUT2D eigenvalue weighted by atomic mass is 14.8. The van der Waals surface area contributed by atoms with Gasteiger partial charge in [0.1, 0.15) is 0 Å². The first-order valence-corrected chi connectivity index (χ1v) is 3.67. The lowest BCUT2D eigenvalue weighted by Crippen LogP contribution is -2.06. The van der Waals surface area contributed by atoms with E-state index in [2.05, 4.69) is 37.5 Å². The molecule has 0 spiro atoms. The van der Waals surface area contributed by atoms with Gasteiger partial charge in [0, 0.05) is 17.8 Å². The molecular weight excluding hydrogens is 136 g/mol. The first-order chi connectivity index (χ1) is 5.02. The maximum Gasteiger partial charge on any atom is 0.0631 e. The van der Waals surface area contributed by atoms with Crippen LogP contribution in [-0.4, -0.2) is 12.9 Å². The fourth-order valence-corrected chi connectivity index (χ4v) is 0.617. The zero-order valence-corrected chi connectivity index (χ0v) is 7.76. The van der Waals surface area contributed by atoms with Gasteiger partial charge in [0.05, 0.1) is 5.70 Å². The van der Waals surface area contributed by atoms with Crippen molar-refractivity contribution in [3.05, 3.63) is 11.9 Å². The second-order valence-corrected chi connectivity index (χ2v) is 3.33. The van der Waals surface area contributed by atoms with Crippen LogP contribution >= 0.6 is 0 Å². The molecule has 0 N–H and O–H groups in total. The molecule has 0 aliphatic rings. The van der Waals surface area contributed by atoms with Gasteiger partial charge >= 0.3 is 0 Å². The van der Waals surface area contributed by atoms with E-state index in [0.717, 1.165) is 5.70 Å². The molecule has 11 heavy (non-hydrogen) atoms. The maximum absolute atomic E-state index is 3.99. The quantitative estimate of drug-likeness (QED) is 0.543. The Bertz CT molecular complexity index is 182. The third kappa shape index (κ3) is 3.71. The lowest BCUT2D eigenvalue weighted by atomic mass is 9.93. The number of allylic oxidation sites excluding steroid dienone is 1. The van der Waals surface area contributed by atoms with Crippen LogP contribution in [0, 0.1) is 5.41 Å². The molecule has 0 bridgehead atoms. The average Bonchev–Trinajstić information content (AvgIpc) is 1.87. The predicted octanol–water partition coefficient (Wildman–Crippen LogP) is 2.67. The standard InChI is InChI=1S/C9H16N2/c1-6-11-7-8(10-5)9(2,3)4/h6-7H,5H2,1-4H3/b8-7-,11-6-. The zero-order chi connectivity index (χ0) is 8.91. The molecular formula is C9H16N2. The van der Waals surface area contributed by atoms with Gasteiger partial charge < -0.3 is 0 Å². The summed E-state index contributed by atoms with van der Waals surface area (Å²) >= 11 is 0. The highest BCUT2D eigenvalue weighted by molar-refractivity contribution is 5.54. The summed E-state index contributed by atoms with van der Waals surface area (Å²) in [5.41, 5.74) is 0.949. The summed E-state index contributed by atoms with van der Waals surface area (Å²) < 4.78 is 0. The van der Waals surface area contributed by atoms with Gasteiger partial charge in [-0.05, 0) is 13.6 Å². The molecule has 0 atom stereocenters. The zero-order valence-electron chi connectivity index (χ0n) is 7.76. The van der Waals surface area contributed by atoms with Gasteiger partial charge in [-0.15, -0.1) is 0 Å². The first-order valence-electron chi connectivity index (χ1n) is 3.67.